The van der Waals surface area contributed by atoms with E-state index in [-0.39, 0.29) is 45.6 Å². The first kappa shape index (κ1) is 54.8. The van der Waals surface area contributed by atoms with Crippen molar-refractivity contribution in [3.63, 3.8) is 0 Å². The number of aromatic nitrogens is 2. The smallest absolute Gasteiger partial charge is 0.299 e. The minimum Gasteiger partial charge on any atom is -0.497 e. The molecule has 9 rings (SSSR count). The number of imidazole rings is 1. The van der Waals surface area contributed by atoms with Gasteiger partial charge in [-0.05, 0) is 103 Å². The second-order valence-electron chi connectivity index (χ2n) is 21.8. The van der Waals surface area contributed by atoms with Crippen LogP contribution in [0, 0.1) is 26.1 Å². The highest BCUT2D eigenvalue weighted by atomic mass is 79.9. The Morgan fingerprint density at radius 1 is 0.842 bits per heavy atom. The van der Waals surface area contributed by atoms with Crippen LogP contribution in [0.5, 0.6) is 5.75 Å². The Hall–Kier alpha value is -5.95. The van der Waals surface area contributed by atoms with Crippen molar-refractivity contribution < 1.29 is 52.2 Å². The lowest BCUT2D eigenvalue weighted by atomic mass is 9.80. The number of carbonyl (C=O) groups excluding carboxylic acids is 1. The van der Waals surface area contributed by atoms with Gasteiger partial charge in [-0.3, -0.25) is 34.6 Å². The third-order valence-corrected chi connectivity index (χ3v) is 20.0. The number of halogens is 1. The van der Waals surface area contributed by atoms with E-state index in [0.717, 1.165) is 34.9 Å². The molecule has 2 N–H and O–H groups in total. The third kappa shape index (κ3) is 10.8. The summed E-state index contributed by atoms with van der Waals surface area (Å²) in [5.74, 6) is -2.15. The lowest BCUT2D eigenvalue weighted by Gasteiger charge is -2.37. The molecule has 4 aromatic carbocycles. The highest BCUT2D eigenvalue weighted by Crippen LogP contribution is 2.49. The normalized spacial score (nSPS) is 24.8. The number of benzene rings is 4. The van der Waals surface area contributed by atoms with E-state index >= 15 is 0 Å². The van der Waals surface area contributed by atoms with Crippen molar-refractivity contribution >= 4 is 59.4 Å². The van der Waals surface area contributed by atoms with Crippen LogP contribution in [0.4, 0.5) is 22.9 Å². The van der Waals surface area contributed by atoms with Crippen molar-refractivity contribution in [2.75, 3.05) is 31.0 Å². The molecule has 0 spiro atoms. The number of amides is 1. The Kier molecular flexibility index (Phi) is 15.2. The lowest BCUT2D eigenvalue weighted by Crippen LogP contribution is -2.43. The highest BCUT2D eigenvalue weighted by molar-refractivity contribution is 9.10. The topological polar surface area (TPSA) is 231 Å². The van der Waals surface area contributed by atoms with Crippen molar-refractivity contribution in [2.45, 2.75) is 133 Å². The second-order valence-corrected chi connectivity index (χ2v) is 27.3. The summed E-state index contributed by atoms with van der Waals surface area (Å²) in [7, 11) is -0.508. The van der Waals surface area contributed by atoms with Gasteiger partial charge in [-0.1, -0.05) is 93.6 Å². The molecule has 76 heavy (non-hydrogen) atoms. The van der Waals surface area contributed by atoms with E-state index in [4.69, 9.17) is 42.6 Å². The van der Waals surface area contributed by atoms with Crippen molar-refractivity contribution in [2.24, 2.45) is 10.9 Å². The van der Waals surface area contributed by atoms with Gasteiger partial charge >= 0.3 is 0 Å². The van der Waals surface area contributed by atoms with Gasteiger partial charge in [0.1, 0.15) is 47.3 Å². The number of ether oxygens (including phenoxy) is 7. The van der Waals surface area contributed by atoms with Crippen LogP contribution in [-0.2, 0) is 38.4 Å². The van der Waals surface area contributed by atoms with Crippen LogP contribution in [0.25, 0.3) is 0 Å². The number of rotatable bonds is 18. The van der Waals surface area contributed by atoms with Crippen LogP contribution < -0.4 is 15.4 Å². The van der Waals surface area contributed by atoms with Crippen LogP contribution in [0.1, 0.15) is 88.3 Å². The first-order chi connectivity index (χ1) is 35.9. The first-order valence-electron chi connectivity index (χ1n) is 25.1. The van der Waals surface area contributed by atoms with Crippen LogP contribution in [0.2, 0.25) is 18.1 Å². The van der Waals surface area contributed by atoms with Gasteiger partial charge in [0.25, 0.3) is 17.3 Å². The molecule has 20 nitrogen and oxygen atoms in total. The van der Waals surface area contributed by atoms with E-state index < -0.39 is 89.3 Å². The number of non-ortho nitro benzene ring substituents is 1. The summed E-state index contributed by atoms with van der Waals surface area (Å²) in [5.41, 5.74) is -0.373. The minimum atomic E-state index is -2.12. The van der Waals surface area contributed by atoms with E-state index in [2.05, 4.69) is 65.4 Å². The number of anilines is 2. The number of aliphatic imine (C=N–C) groups is 1. The zero-order chi connectivity index (χ0) is 54.5. The molecule has 404 valence electrons. The molecule has 0 bridgehead atoms. The number of carbonyl (C=O) groups is 1. The van der Waals surface area contributed by atoms with Gasteiger partial charge in [0.15, 0.2) is 36.5 Å². The summed E-state index contributed by atoms with van der Waals surface area (Å²) in [4.78, 5) is 46.5. The van der Waals surface area contributed by atoms with Crippen LogP contribution >= 0.6 is 15.9 Å². The number of nitrogens with one attached hydrogen (secondary N) is 2. The number of nitro groups is 2. The molecule has 0 unspecified atom stereocenters. The van der Waals surface area contributed by atoms with E-state index in [1.807, 2.05) is 98.8 Å². The number of methoxy groups -OCH3 is 1. The first-order valence-corrected chi connectivity index (χ1v) is 28.8. The molecular weight excluding hydrogens is 1060 g/mol. The van der Waals surface area contributed by atoms with E-state index in [1.165, 1.54) is 6.34 Å². The van der Waals surface area contributed by atoms with Gasteiger partial charge in [0.2, 0.25) is 0 Å². The molecule has 4 aliphatic rings. The SMILES string of the molecule is COc1ccc(C(OC[C@H]2O[C@@H](n3c(Br)nc(C(=O)Nc4ccc([N+](=O)[O-])cc4[N+](=O)[O-])c3NC=N[C@@H]3C[C@H](CO[Si](C)(C)C(C)(C)C)[C@H]4OC(C)(C)O[C@H]43)[C@@H]3OC(C)(C)O[C@@H]32)(c2ccccc2)c2ccccc2)cc1. The molecule has 1 amide bonds. The summed E-state index contributed by atoms with van der Waals surface area (Å²) in [6, 6.07) is 30.0. The molecule has 5 aromatic rings. The summed E-state index contributed by atoms with van der Waals surface area (Å²) in [6.45, 7) is 18.8. The molecule has 3 saturated heterocycles. The zero-order valence-corrected chi connectivity index (χ0v) is 46.6. The van der Waals surface area contributed by atoms with Gasteiger partial charge < -0.3 is 48.2 Å². The van der Waals surface area contributed by atoms with Crippen LogP contribution in [0.15, 0.2) is 113 Å². The molecule has 22 heteroatoms. The Morgan fingerprint density at radius 2 is 1.43 bits per heavy atom. The zero-order valence-electron chi connectivity index (χ0n) is 44.1. The minimum absolute atomic E-state index is 0.00291. The fraction of sp³-hybridized carbons (Fsp3) is 0.463. The maximum Gasteiger partial charge on any atom is 0.299 e. The monoisotopic (exact) mass is 1130 g/mol. The number of hydrogen-bond acceptors (Lipinski definition) is 15. The Labute approximate surface area is 450 Å². The fourth-order valence-corrected chi connectivity index (χ4v) is 11.8. The fourth-order valence-electron chi connectivity index (χ4n) is 10.2. The molecule has 4 fully saturated rings. The number of hydrogen-bond donors (Lipinski definition) is 2. The summed E-state index contributed by atoms with van der Waals surface area (Å²) in [5, 5.41) is 29.6. The summed E-state index contributed by atoms with van der Waals surface area (Å²) in [6.07, 6.45) is -2.03. The summed E-state index contributed by atoms with van der Waals surface area (Å²) >= 11 is 3.62. The molecule has 0 radical (unpaired) electrons. The van der Waals surface area contributed by atoms with Gasteiger partial charge in [-0.25, -0.2) is 4.98 Å². The Balaban J connectivity index is 1.08. The van der Waals surface area contributed by atoms with Gasteiger partial charge in [-0.15, -0.1) is 0 Å². The average Bonchev–Trinajstić information content (AvgIpc) is 4.15. The number of nitrogens with zero attached hydrogens (tertiary/aromatic N) is 5. The predicted octanol–water partition coefficient (Wildman–Crippen LogP) is 10.5. The summed E-state index contributed by atoms with van der Waals surface area (Å²) < 4.78 is 54.5. The average molecular weight is 1130 g/mol. The number of nitro benzene ring substituents is 2. The van der Waals surface area contributed by atoms with Gasteiger partial charge in [0.05, 0.1) is 48.1 Å². The molecule has 3 aliphatic heterocycles. The molecule has 8 atom stereocenters. The Bertz CT molecular complexity index is 2930. The quantitative estimate of drug-likeness (QED) is 0.0207. The Morgan fingerprint density at radius 3 is 2.03 bits per heavy atom. The maximum absolute atomic E-state index is 14.5. The van der Waals surface area contributed by atoms with E-state index in [9.17, 15) is 25.0 Å². The van der Waals surface area contributed by atoms with Crippen molar-refractivity contribution in [1.29, 1.82) is 0 Å². The lowest BCUT2D eigenvalue weighted by molar-refractivity contribution is -0.393. The predicted molar refractivity (Wildman–Crippen MR) is 288 cm³/mol. The van der Waals surface area contributed by atoms with Crippen molar-refractivity contribution in [1.82, 2.24) is 9.55 Å². The van der Waals surface area contributed by atoms with E-state index in [1.54, 1.807) is 25.5 Å². The van der Waals surface area contributed by atoms with Gasteiger partial charge in [0, 0.05) is 18.6 Å². The van der Waals surface area contributed by atoms with Crippen molar-refractivity contribution in [3.8, 4) is 5.75 Å². The number of fused-ring (bicyclic) bond motifs is 2. The van der Waals surface area contributed by atoms with E-state index in [0.29, 0.717) is 18.8 Å². The molecule has 1 aliphatic carbocycles. The molecular formula is C54H64BrN7O13Si. The van der Waals surface area contributed by atoms with Gasteiger partial charge in [-0.2, -0.15) is 0 Å². The van der Waals surface area contributed by atoms with Crippen LogP contribution in [0.3, 0.4) is 0 Å². The second kappa shape index (κ2) is 21.1. The van der Waals surface area contributed by atoms with Crippen molar-refractivity contribution in [3.05, 3.63) is 150 Å². The highest BCUT2D eigenvalue weighted by Gasteiger charge is 2.58. The van der Waals surface area contributed by atoms with Crippen LogP contribution in [-0.4, -0.2) is 108 Å². The standard InChI is InChI=1S/C54H64BrN7O13Si/c1-51(2,3)76(9,10)70-29-32-27-39(44-43(32)72-52(4,5)73-44)56-31-57-47-42(48(63)58-38-26-23-36(61(64)65)28-40(38)62(66)67)59-50(55)60(47)49-46-45(74-53(6,7)75-46)41(71-49)30-69-54(33-17-13-11-14-18-33,34-19-15-12-16-20-34)35-21-24-37(68-8)25-22-35/h11-26,28,31-32,39,41,43-46,49H,27,29-30H2,1-10H3,(H,56,57)(H,58,63)/t32-,39-,41-,43-,44+,45-,46-,49-/m1/s1. The third-order valence-electron chi connectivity index (χ3n) is 14.9. The molecule has 1 saturated carbocycles. The largest absolute Gasteiger partial charge is 0.497 e. The molecule has 1 aromatic heterocycles. The maximum atomic E-state index is 14.5. The molecule has 4 heterocycles.